The number of epoxide rings is 1. The predicted octanol–water partition coefficient (Wildman–Crippen LogP) is 1.83. The number of ether oxygens (including phenoxy) is 1. The topological polar surface area (TPSA) is 30.4 Å². The number of aryl methyl sites for hydroxylation is 1. The van der Waals surface area contributed by atoms with Crippen molar-refractivity contribution in [1.29, 1.82) is 0 Å². The Kier molecular flexibility index (Phi) is 1.60. The maximum Gasteiger partial charge on any atom is 0.250 e. The van der Waals surface area contributed by atoms with E-state index in [-0.39, 0.29) is 18.9 Å². The van der Waals surface area contributed by atoms with Crippen molar-refractivity contribution in [3.63, 3.8) is 0 Å². The summed E-state index contributed by atoms with van der Waals surface area (Å²) in [4.78, 5) is 0. The zero-order valence-electron chi connectivity index (χ0n) is 8.41. The van der Waals surface area contributed by atoms with Gasteiger partial charge >= 0.3 is 0 Å². The molecule has 2 heterocycles. The van der Waals surface area contributed by atoms with Crippen LogP contribution in [0, 0.1) is 0 Å². The molecule has 3 rings (SSSR count). The molecule has 15 heavy (non-hydrogen) atoms. The standard InChI is InChI=1S/C10H12F2N2O/c1-14-7(2-5-13-14)10-4-3-9(11,12)6-8(10)15-10/h2,5,8H,3-4,6H2,1H3/t8-,10-/m0/s1. The minimum atomic E-state index is -2.55. The van der Waals surface area contributed by atoms with E-state index >= 15 is 0 Å². The molecule has 0 radical (unpaired) electrons. The molecule has 1 aliphatic heterocycles. The van der Waals surface area contributed by atoms with E-state index in [1.807, 2.05) is 13.1 Å². The first kappa shape index (κ1) is 9.27. The summed E-state index contributed by atoms with van der Waals surface area (Å²) >= 11 is 0. The quantitative estimate of drug-likeness (QED) is 0.668. The number of hydrogen-bond donors (Lipinski definition) is 0. The molecule has 2 fully saturated rings. The summed E-state index contributed by atoms with van der Waals surface area (Å²) in [5, 5.41) is 4.05. The van der Waals surface area contributed by atoms with Crippen LogP contribution in [0.2, 0.25) is 0 Å². The van der Waals surface area contributed by atoms with E-state index < -0.39 is 11.5 Å². The first-order chi connectivity index (χ1) is 7.04. The largest absolute Gasteiger partial charge is 0.359 e. The summed E-state index contributed by atoms with van der Waals surface area (Å²) in [6.45, 7) is 0. The van der Waals surface area contributed by atoms with Crippen molar-refractivity contribution in [2.24, 2.45) is 7.05 Å². The van der Waals surface area contributed by atoms with Gasteiger partial charge in [-0.1, -0.05) is 0 Å². The average molecular weight is 214 g/mol. The van der Waals surface area contributed by atoms with Gasteiger partial charge in [0, 0.05) is 26.1 Å². The smallest absolute Gasteiger partial charge is 0.250 e. The minimum Gasteiger partial charge on any atom is -0.359 e. The molecule has 5 heteroatoms. The van der Waals surface area contributed by atoms with Crippen molar-refractivity contribution in [1.82, 2.24) is 9.78 Å². The van der Waals surface area contributed by atoms with E-state index in [4.69, 9.17) is 4.74 Å². The van der Waals surface area contributed by atoms with Crippen LogP contribution in [0.4, 0.5) is 8.78 Å². The van der Waals surface area contributed by atoms with Gasteiger partial charge in [-0.25, -0.2) is 8.78 Å². The van der Waals surface area contributed by atoms with Gasteiger partial charge in [0.1, 0.15) is 5.60 Å². The molecule has 0 aromatic carbocycles. The Labute approximate surface area is 86.0 Å². The summed E-state index contributed by atoms with van der Waals surface area (Å²) in [5.41, 5.74) is 0.454. The number of aromatic nitrogens is 2. The molecule has 1 aliphatic carbocycles. The summed E-state index contributed by atoms with van der Waals surface area (Å²) < 4.78 is 33.4. The molecule has 0 unspecified atom stereocenters. The van der Waals surface area contributed by atoms with Gasteiger partial charge in [0.25, 0.3) is 5.92 Å². The lowest BCUT2D eigenvalue weighted by Crippen LogP contribution is -2.31. The van der Waals surface area contributed by atoms with Crippen LogP contribution in [0.3, 0.4) is 0 Å². The Bertz CT molecular complexity index is 404. The first-order valence-electron chi connectivity index (χ1n) is 5.08. The zero-order valence-corrected chi connectivity index (χ0v) is 8.41. The van der Waals surface area contributed by atoms with Crippen molar-refractivity contribution in [2.45, 2.75) is 36.9 Å². The Morgan fingerprint density at radius 2 is 2.33 bits per heavy atom. The van der Waals surface area contributed by atoms with Crippen LogP contribution in [0.1, 0.15) is 25.0 Å². The molecule has 1 saturated carbocycles. The second-order valence-corrected chi connectivity index (χ2v) is 4.40. The van der Waals surface area contributed by atoms with E-state index in [9.17, 15) is 8.78 Å². The van der Waals surface area contributed by atoms with Crippen LogP contribution in [-0.4, -0.2) is 21.8 Å². The molecule has 2 atom stereocenters. The molecular weight excluding hydrogens is 202 g/mol. The van der Waals surface area contributed by atoms with Crippen LogP contribution in [0.25, 0.3) is 0 Å². The fraction of sp³-hybridized carbons (Fsp3) is 0.700. The molecule has 1 aromatic rings. The monoisotopic (exact) mass is 214 g/mol. The SMILES string of the molecule is Cn1nccc1[C@@]12CCC(F)(F)C[C@@H]1O2. The van der Waals surface area contributed by atoms with Gasteiger partial charge in [-0.05, 0) is 12.5 Å². The Morgan fingerprint density at radius 1 is 1.53 bits per heavy atom. The molecule has 0 bridgehead atoms. The summed E-state index contributed by atoms with van der Waals surface area (Å²) in [7, 11) is 1.82. The third kappa shape index (κ3) is 1.22. The second-order valence-electron chi connectivity index (χ2n) is 4.40. The van der Waals surface area contributed by atoms with Crippen LogP contribution >= 0.6 is 0 Å². The van der Waals surface area contributed by atoms with Gasteiger partial charge < -0.3 is 4.74 Å². The Hall–Kier alpha value is -0.970. The van der Waals surface area contributed by atoms with Crippen LogP contribution in [0.15, 0.2) is 12.3 Å². The van der Waals surface area contributed by atoms with Crippen LogP contribution in [-0.2, 0) is 17.4 Å². The maximum absolute atomic E-state index is 13.1. The number of nitrogens with zero attached hydrogens (tertiary/aromatic N) is 2. The number of fused-ring (bicyclic) bond motifs is 1. The van der Waals surface area contributed by atoms with Gasteiger partial charge in [0.15, 0.2) is 0 Å². The molecule has 2 aliphatic rings. The molecule has 0 spiro atoms. The third-order valence-electron chi connectivity index (χ3n) is 3.42. The Balaban J connectivity index is 1.89. The molecule has 1 aromatic heterocycles. The third-order valence-corrected chi connectivity index (χ3v) is 3.42. The molecule has 3 nitrogen and oxygen atoms in total. The number of alkyl halides is 2. The molecule has 0 N–H and O–H groups in total. The highest BCUT2D eigenvalue weighted by atomic mass is 19.3. The van der Waals surface area contributed by atoms with Crippen molar-refractivity contribution in [2.75, 3.05) is 0 Å². The van der Waals surface area contributed by atoms with E-state index in [1.54, 1.807) is 10.9 Å². The minimum absolute atomic E-state index is 0.0886. The van der Waals surface area contributed by atoms with Gasteiger partial charge in [-0.3, -0.25) is 4.68 Å². The maximum atomic E-state index is 13.1. The number of hydrogen-bond acceptors (Lipinski definition) is 2. The predicted molar refractivity (Wildman–Crippen MR) is 48.6 cm³/mol. The van der Waals surface area contributed by atoms with Crippen LogP contribution < -0.4 is 0 Å². The number of rotatable bonds is 1. The van der Waals surface area contributed by atoms with Gasteiger partial charge in [0.05, 0.1) is 11.8 Å². The lowest BCUT2D eigenvalue weighted by molar-refractivity contribution is -0.0332. The summed E-state index contributed by atoms with van der Waals surface area (Å²) in [6, 6.07) is 1.85. The Morgan fingerprint density at radius 3 is 2.93 bits per heavy atom. The van der Waals surface area contributed by atoms with Crippen molar-refractivity contribution < 1.29 is 13.5 Å². The van der Waals surface area contributed by atoms with Crippen LogP contribution in [0.5, 0.6) is 0 Å². The van der Waals surface area contributed by atoms with Crippen molar-refractivity contribution in [3.8, 4) is 0 Å². The molecular formula is C10H12F2N2O. The zero-order chi connectivity index (χ0) is 10.7. The fourth-order valence-corrected chi connectivity index (χ4v) is 2.53. The first-order valence-corrected chi connectivity index (χ1v) is 5.08. The van der Waals surface area contributed by atoms with E-state index in [0.29, 0.717) is 6.42 Å². The molecule has 0 amide bonds. The van der Waals surface area contributed by atoms with Crippen molar-refractivity contribution in [3.05, 3.63) is 18.0 Å². The number of halogens is 2. The van der Waals surface area contributed by atoms with Gasteiger partial charge in [0.2, 0.25) is 0 Å². The second kappa shape index (κ2) is 2.58. The highest BCUT2D eigenvalue weighted by Gasteiger charge is 2.65. The van der Waals surface area contributed by atoms with E-state index in [2.05, 4.69) is 5.10 Å². The lowest BCUT2D eigenvalue weighted by Gasteiger charge is -2.24. The normalized spacial score (nSPS) is 37.4. The summed E-state index contributed by atoms with van der Waals surface area (Å²) in [5.74, 6) is -2.55. The highest BCUT2D eigenvalue weighted by molar-refractivity contribution is 5.24. The summed E-state index contributed by atoms with van der Waals surface area (Å²) in [6.07, 6.45) is 1.50. The van der Waals surface area contributed by atoms with Gasteiger partial charge in [-0.2, -0.15) is 5.10 Å². The van der Waals surface area contributed by atoms with E-state index in [1.165, 1.54) is 0 Å². The lowest BCUT2D eigenvalue weighted by atomic mass is 9.84. The molecule has 1 saturated heterocycles. The fourth-order valence-electron chi connectivity index (χ4n) is 2.53. The highest BCUT2D eigenvalue weighted by Crippen LogP contribution is 2.58. The van der Waals surface area contributed by atoms with Crippen molar-refractivity contribution >= 4 is 0 Å². The average Bonchev–Trinajstić information content (AvgIpc) is 2.68. The van der Waals surface area contributed by atoms with Gasteiger partial charge in [-0.15, -0.1) is 0 Å². The molecule has 82 valence electrons. The van der Waals surface area contributed by atoms with E-state index in [0.717, 1.165) is 5.69 Å².